The van der Waals surface area contributed by atoms with E-state index < -0.39 is 0 Å². The van der Waals surface area contributed by atoms with E-state index in [0.717, 1.165) is 51.4 Å². The maximum Gasteiger partial charge on any atom is 0.305 e. The zero-order valence-corrected chi connectivity index (χ0v) is 20.0. The Balaban J connectivity index is 0.000000291. The summed E-state index contributed by atoms with van der Waals surface area (Å²) >= 11 is 1.78. The Hall–Kier alpha value is -1.64. The first-order chi connectivity index (χ1) is 15.1. The summed E-state index contributed by atoms with van der Waals surface area (Å²) in [6.45, 7) is 2.15. The summed E-state index contributed by atoms with van der Waals surface area (Å²) in [5, 5.41) is 21.7. The maximum absolute atomic E-state index is 10.7. The molecule has 0 radical (unpaired) electrons. The molecule has 3 atom stereocenters. The Kier molecular flexibility index (Phi) is 11.3. The van der Waals surface area contributed by atoms with Gasteiger partial charge in [0.05, 0.1) is 19.3 Å². The summed E-state index contributed by atoms with van der Waals surface area (Å²) in [7, 11) is 1.43. The molecule has 0 amide bonds. The highest BCUT2D eigenvalue weighted by molar-refractivity contribution is 7.10. The predicted octanol–water partition coefficient (Wildman–Crippen LogP) is 6.55. The van der Waals surface area contributed by atoms with Gasteiger partial charge in [0, 0.05) is 22.6 Å². The lowest BCUT2D eigenvalue weighted by Gasteiger charge is -2.44. The number of hydrogen-bond acceptors (Lipinski definition) is 5. The molecule has 2 aliphatic carbocycles. The number of methoxy groups -OCH3 is 1. The zero-order chi connectivity index (χ0) is 22.5. The highest BCUT2D eigenvalue weighted by atomic mass is 32.1. The van der Waals surface area contributed by atoms with Crippen molar-refractivity contribution in [1.29, 1.82) is 5.26 Å². The summed E-state index contributed by atoms with van der Waals surface area (Å²) in [5.41, 5.74) is 0.0172. The van der Waals surface area contributed by atoms with Gasteiger partial charge in [-0.05, 0) is 62.3 Å². The number of rotatable bonds is 10. The van der Waals surface area contributed by atoms with Crippen LogP contribution in [-0.2, 0) is 14.9 Å². The molecule has 0 spiro atoms. The minimum absolute atomic E-state index is 0.0172. The molecule has 0 aliphatic heterocycles. The van der Waals surface area contributed by atoms with E-state index in [-0.39, 0.29) is 23.4 Å². The standard InChI is InChI=1S/C18H23NOS.C8H16O2/c19-13-15-8-7-14(12-15)4-1-5-16(20)18(9-3-10-18)17-6-2-11-21-17;1-3-4-5-6-7-8(9)10-2/h1-2,4,6,11,14-16,20H,3,5,7-10,12H2;3-7H2,1-2H3/b4-1+;/t14?,15-,16?;/m1./s1. The largest absolute Gasteiger partial charge is 0.469 e. The fourth-order valence-electron chi connectivity index (χ4n) is 4.60. The molecule has 31 heavy (non-hydrogen) atoms. The average molecular weight is 446 g/mol. The molecule has 2 saturated carbocycles. The van der Waals surface area contributed by atoms with Crippen LogP contribution >= 0.6 is 11.3 Å². The van der Waals surface area contributed by atoms with E-state index in [0.29, 0.717) is 12.3 Å². The first-order valence-corrected chi connectivity index (χ1v) is 12.8. The van der Waals surface area contributed by atoms with Crippen LogP contribution in [0.4, 0.5) is 0 Å². The normalized spacial score (nSPS) is 22.8. The lowest BCUT2D eigenvalue weighted by molar-refractivity contribution is -0.140. The summed E-state index contributed by atoms with van der Waals surface area (Å²) in [6.07, 6.45) is 16.6. The van der Waals surface area contributed by atoms with Crippen LogP contribution in [0.3, 0.4) is 0 Å². The Morgan fingerprint density at radius 2 is 2.19 bits per heavy atom. The molecule has 1 heterocycles. The van der Waals surface area contributed by atoms with Crippen LogP contribution in [0.15, 0.2) is 29.7 Å². The van der Waals surface area contributed by atoms with E-state index in [2.05, 4.69) is 47.4 Å². The quantitative estimate of drug-likeness (QED) is 0.252. The minimum atomic E-state index is -0.269. The van der Waals surface area contributed by atoms with Crippen LogP contribution < -0.4 is 0 Å². The van der Waals surface area contributed by atoms with Crippen LogP contribution in [0, 0.1) is 23.2 Å². The Bertz CT molecular complexity index is 703. The Morgan fingerprint density at radius 3 is 2.74 bits per heavy atom. The van der Waals surface area contributed by atoms with Crippen molar-refractivity contribution in [3.63, 3.8) is 0 Å². The molecular formula is C26H39NO3S. The summed E-state index contributed by atoms with van der Waals surface area (Å²) in [6, 6.07) is 6.63. The molecule has 2 unspecified atom stereocenters. The van der Waals surface area contributed by atoms with Gasteiger partial charge in [-0.15, -0.1) is 11.3 Å². The van der Waals surface area contributed by atoms with Crippen molar-refractivity contribution in [2.75, 3.05) is 7.11 Å². The van der Waals surface area contributed by atoms with E-state index in [1.54, 1.807) is 11.3 Å². The lowest BCUT2D eigenvalue weighted by atomic mass is 9.63. The summed E-state index contributed by atoms with van der Waals surface area (Å²) < 4.78 is 4.49. The molecule has 2 aliphatic rings. The fraction of sp³-hybridized carbons (Fsp3) is 0.692. The predicted molar refractivity (Wildman–Crippen MR) is 127 cm³/mol. The van der Waals surface area contributed by atoms with Gasteiger partial charge in [0.25, 0.3) is 0 Å². The van der Waals surface area contributed by atoms with Gasteiger partial charge < -0.3 is 9.84 Å². The number of thiophene rings is 1. The number of hydrogen-bond donors (Lipinski definition) is 1. The minimum Gasteiger partial charge on any atom is -0.469 e. The number of ether oxygens (including phenoxy) is 1. The molecule has 0 aromatic carbocycles. The number of nitriles is 1. The first kappa shape index (κ1) is 25.6. The van der Waals surface area contributed by atoms with Crippen molar-refractivity contribution in [1.82, 2.24) is 0 Å². The maximum atomic E-state index is 10.7. The third-order valence-corrected chi connectivity index (χ3v) is 7.87. The molecule has 172 valence electrons. The topological polar surface area (TPSA) is 70.3 Å². The highest BCUT2D eigenvalue weighted by Crippen LogP contribution is 2.49. The molecule has 3 rings (SSSR count). The van der Waals surface area contributed by atoms with Gasteiger partial charge in [0.1, 0.15) is 0 Å². The second kappa shape index (κ2) is 13.7. The number of carbonyl (C=O) groups is 1. The smallest absolute Gasteiger partial charge is 0.305 e. The van der Waals surface area contributed by atoms with E-state index >= 15 is 0 Å². The molecular weight excluding hydrogens is 406 g/mol. The van der Waals surface area contributed by atoms with Crippen molar-refractivity contribution in [2.24, 2.45) is 11.8 Å². The molecule has 5 heteroatoms. The molecule has 1 aromatic heterocycles. The van der Waals surface area contributed by atoms with Crippen LogP contribution in [-0.4, -0.2) is 24.3 Å². The third kappa shape index (κ3) is 7.77. The van der Waals surface area contributed by atoms with Crippen molar-refractivity contribution >= 4 is 17.3 Å². The number of aliphatic hydroxyl groups excluding tert-OH is 1. The molecule has 4 nitrogen and oxygen atoms in total. The van der Waals surface area contributed by atoms with Crippen LogP contribution in [0.1, 0.15) is 88.9 Å². The fourth-order valence-corrected chi connectivity index (χ4v) is 5.63. The Labute approximate surface area is 192 Å². The van der Waals surface area contributed by atoms with Crippen molar-refractivity contribution in [2.45, 2.75) is 95.5 Å². The van der Waals surface area contributed by atoms with E-state index in [4.69, 9.17) is 5.26 Å². The second-order valence-corrected chi connectivity index (χ2v) is 9.90. The summed E-state index contributed by atoms with van der Waals surface area (Å²) in [4.78, 5) is 11.9. The molecule has 1 N–H and O–H groups in total. The Morgan fingerprint density at radius 1 is 1.39 bits per heavy atom. The van der Waals surface area contributed by atoms with Gasteiger partial charge in [0.2, 0.25) is 0 Å². The number of unbranched alkanes of at least 4 members (excludes halogenated alkanes) is 3. The van der Waals surface area contributed by atoms with Crippen LogP contribution in [0.25, 0.3) is 0 Å². The van der Waals surface area contributed by atoms with E-state index in [1.807, 2.05) is 0 Å². The zero-order valence-electron chi connectivity index (χ0n) is 19.2. The van der Waals surface area contributed by atoms with Crippen molar-refractivity contribution < 1.29 is 14.6 Å². The first-order valence-electron chi connectivity index (χ1n) is 11.9. The number of nitrogens with zero attached hydrogens (tertiary/aromatic N) is 1. The molecule has 1 aromatic rings. The molecule has 0 saturated heterocycles. The second-order valence-electron chi connectivity index (χ2n) is 8.95. The van der Waals surface area contributed by atoms with Crippen LogP contribution in [0.5, 0.6) is 0 Å². The third-order valence-electron chi connectivity index (χ3n) is 6.78. The highest BCUT2D eigenvalue weighted by Gasteiger charge is 2.45. The SMILES string of the molecule is CCCCCCC(=O)OC.N#C[C@@H]1CCC(/C=C/CC(O)C2(c3cccs3)CCC2)C1. The van der Waals surface area contributed by atoms with Crippen LogP contribution in [0.2, 0.25) is 0 Å². The number of allylic oxidation sites excluding steroid dienone is 1. The van der Waals surface area contributed by atoms with Gasteiger partial charge in [-0.1, -0.05) is 50.8 Å². The number of aliphatic hydroxyl groups is 1. The monoisotopic (exact) mass is 445 g/mol. The molecule has 2 fully saturated rings. The lowest BCUT2D eigenvalue weighted by Crippen LogP contribution is -2.44. The average Bonchev–Trinajstić information content (AvgIpc) is 3.43. The van der Waals surface area contributed by atoms with Gasteiger partial charge in [-0.3, -0.25) is 4.79 Å². The van der Waals surface area contributed by atoms with Crippen molar-refractivity contribution in [3.05, 3.63) is 34.5 Å². The number of esters is 1. The van der Waals surface area contributed by atoms with E-state index in [1.165, 1.54) is 31.2 Å². The van der Waals surface area contributed by atoms with E-state index in [9.17, 15) is 9.90 Å². The number of carbonyl (C=O) groups excluding carboxylic acids is 1. The van der Waals surface area contributed by atoms with Gasteiger partial charge in [-0.2, -0.15) is 5.26 Å². The molecule has 0 bridgehead atoms. The van der Waals surface area contributed by atoms with Gasteiger partial charge in [-0.25, -0.2) is 0 Å². The van der Waals surface area contributed by atoms with Gasteiger partial charge >= 0.3 is 5.97 Å². The van der Waals surface area contributed by atoms with Crippen molar-refractivity contribution in [3.8, 4) is 6.07 Å². The van der Waals surface area contributed by atoms with Gasteiger partial charge in [0.15, 0.2) is 0 Å². The summed E-state index contributed by atoms with van der Waals surface area (Å²) in [5.74, 6) is 0.700.